The Morgan fingerprint density at radius 1 is 1.36 bits per heavy atom. The largest absolute Gasteiger partial charge is 0.492 e. The molecule has 0 atom stereocenters. The fourth-order valence-corrected chi connectivity index (χ4v) is 2.70. The molecule has 0 aliphatic rings. The van der Waals surface area contributed by atoms with E-state index in [1.54, 1.807) is 0 Å². The number of ether oxygens (including phenoxy) is 1. The van der Waals surface area contributed by atoms with Crippen molar-refractivity contribution in [2.75, 3.05) is 6.61 Å². The predicted molar refractivity (Wildman–Crippen MR) is 72.7 cm³/mol. The number of carbonyl (C=O) groups is 1. The van der Waals surface area contributed by atoms with Gasteiger partial charge < -0.3 is 9.53 Å². The lowest BCUT2D eigenvalue weighted by Gasteiger charge is -2.07. The third kappa shape index (κ3) is 4.12. The Hall–Kier alpha value is 0.150. The topological polar surface area (TPSA) is 26.3 Å². The smallest absolute Gasteiger partial charge is 0.132 e. The Morgan fingerprint density at radius 2 is 2.14 bits per heavy atom. The summed E-state index contributed by atoms with van der Waals surface area (Å²) in [6, 6.07) is 6.04. The Bertz CT molecular complexity index is 313. The van der Waals surface area contributed by atoms with Crippen molar-refractivity contribution < 1.29 is 9.53 Å². The quantitative estimate of drug-likeness (QED) is 0.419. The molecule has 0 aliphatic carbocycles. The van der Waals surface area contributed by atoms with Gasteiger partial charge >= 0.3 is 0 Å². The Kier molecular flexibility index (Phi) is 5.76. The lowest BCUT2D eigenvalue weighted by Crippen LogP contribution is -1.99. The van der Waals surface area contributed by atoms with E-state index >= 15 is 0 Å². The molecule has 0 aromatic heterocycles. The molecule has 76 valence electrons. The van der Waals surface area contributed by atoms with Crippen LogP contribution in [-0.2, 0) is 4.79 Å². The van der Waals surface area contributed by atoms with Crippen molar-refractivity contribution in [1.82, 2.24) is 0 Å². The molecule has 0 spiro atoms. The summed E-state index contributed by atoms with van der Waals surface area (Å²) in [5.41, 5.74) is 0. The zero-order chi connectivity index (χ0) is 10.4. The summed E-state index contributed by atoms with van der Waals surface area (Å²) in [7, 11) is 0. The van der Waals surface area contributed by atoms with E-state index in [2.05, 4.69) is 51.2 Å². The highest BCUT2D eigenvalue weighted by Gasteiger charge is 2.00. The molecule has 0 heterocycles. The van der Waals surface area contributed by atoms with E-state index in [0.717, 1.165) is 22.0 Å². The molecule has 0 bridgehead atoms. The maximum absolute atomic E-state index is 10.1. The van der Waals surface area contributed by atoms with Gasteiger partial charge in [0.1, 0.15) is 12.0 Å². The van der Waals surface area contributed by atoms with Crippen LogP contribution in [0.4, 0.5) is 0 Å². The average Bonchev–Trinajstić information content (AvgIpc) is 2.15. The maximum atomic E-state index is 10.1. The monoisotopic (exact) mass is 416 g/mol. The first kappa shape index (κ1) is 12.2. The van der Waals surface area contributed by atoms with Gasteiger partial charge in [0.25, 0.3) is 0 Å². The van der Waals surface area contributed by atoms with Gasteiger partial charge in [0.2, 0.25) is 0 Å². The van der Waals surface area contributed by atoms with Crippen LogP contribution in [0.2, 0.25) is 0 Å². The fourth-order valence-electron chi connectivity index (χ4n) is 0.941. The number of carbonyl (C=O) groups excluding carboxylic acids is 1. The lowest BCUT2D eigenvalue weighted by molar-refractivity contribution is -0.108. The predicted octanol–water partition coefficient (Wildman–Crippen LogP) is 3.25. The third-order valence-electron chi connectivity index (χ3n) is 1.62. The number of aldehydes is 1. The van der Waals surface area contributed by atoms with E-state index in [1.165, 1.54) is 3.57 Å². The van der Waals surface area contributed by atoms with E-state index in [9.17, 15) is 4.79 Å². The highest BCUT2D eigenvalue weighted by atomic mass is 127. The van der Waals surface area contributed by atoms with Crippen LogP contribution >= 0.6 is 45.2 Å². The average molecular weight is 416 g/mol. The minimum Gasteiger partial charge on any atom is -0.492 e. The Balaban J connectivity index is 2.46. The SMILES string of the molecule is O=CCCCOc1ccc(I)cc1I. The van der Waals surface area contributed by atoms with Crippen molar-refractivity contribution in [3.63, 3.8) is 0 Å². The number of hydrogen-bond acceptors (Lipinski definition) is 2. The molecule has 14 heavy (non-hydrogen) atoms. The number of benzene rings is 1. The molecule has 2 nitrogen and oxygen atoms in total. The molecular weight excluding hydrogens is 406 g/mol. The van der Waals surface area contributed by atoms with Gasteiger partial charge in [-0.25, -0.2) is 0 Å². The molecule has 4 heteroatoms. The summed E-state index contributed by atoms with van der Waals surface area (Å²) >= 11 is 4.51. The van der Waals surface area contributed by atoms with E-state index in [0.29, 0.717) is 13.0 Å². The normalized spacial score (nSPS) is 9.86. The minimum absolute atomic E-state index is 0.570. The molecule has 1 aromatic rings. The van der Waals surface area contributed by atoms with Crippen LogP contribution in [0.5, 0.6) is 5.75 Å². The molecule has 0 radical (unpaired) electrons. The molecule has 1 rings (SSSR count). The standard InChI is InChI=1S/C10H10I2O2/c11-8-3-4-10(9(12)7-8)14-6-2-1-5-13/h3-5,7H,1-2,6H2. The van der Waals surface area contributed by atoms with Gasteiger partial charge in [-0.3, -0.25) is 0 Å². The first-order valence-corrected chi connectivity index (χ1v) is 6.41. The van der Waals surface area contributed by atoms with E-state index in [-0.39, 0.29) is 0 Å². The second kappa shape index (κ2) is 6.60. The van der Waals surface area contributed by atoms with Gasteiger partial charge in [-0.1, -0.05) is 0 Å². The fraction of sp³-hybridized carbons (Fsp3) is 0.300. The highest BCUT2D eigenvalue weighted by Crippen LogP contribution is 2.22. The van der Waals surface area contributed by atoms with Crippen LogP contribution in [-0.4, -0.2) is 12.9 Å². The van der Waals surface area contributed by atoms with Gasteiger partial charge in [0.05, 0.1) is 10.2 Å². The second-order valence-corrected chi connectivity index (χ2v) is 5.14. The molecule has 0 fully saturated rings. The summed E-state index contributed by atoms with van der Waals surface area (Å²) in [6.07, 6.45) is 2.27. The van der Waals surface area contributed by atoms with Gasteiger partial charge in [0, 0.05) is 9.99 Å². The van der Waals surface area contributed by atoms with Crippen molar-refractivity contribution >= 4 is 51.5 Å². The van der Waals surface area contributed by atoms with Gasteiger partial charge in [0.15, 0.2) is 0 Å². The molecular formula is C10H10I2O2. The molecule has 0 saturated heterocycles. The van der Waals surface area contributed by atoms with Crippen molar-refractivity contribution in [3.05, 3.63) is 25.3 Å². The van der Waals surface area contributed by atoms with Crippen LogP contribution in [0.3, 0.4) is 0 Å². The maximum Gasteiger partial charge on any atom is 0.132 e. The molecule has 0 amide bonds. The summed E-state index contributed by atoms with van der Waals surface area (Å²) in [6.45, 7) is 0.606. The van der Waals surface area contributed by atoms with E-state index in [1.807, 2.05) is 12.1 Å². The number of hydrogen-bond donors (Lipinski definition) is 0. The molecule has 0 aliphatic heterocycles. The summed E-state index contributed by atoms with van der Waals surface area (Å²) < 4.78 is 7.84. The number of unbranched alkanes of at least 4 members (excludes halogenated alkanes) is 1. The van der Waals surface area contributed by atoms with E-state index < -0.39 is 0 Å². The van der Waals surface area contributed by atoms with Crippen LogP contribution < -0.4 is 4.74 Å². The summed E-state index contributed by atoms with van der Waals surface area (Å²) in [4.78, 5) is 10.1. The first-order valence-electron chi connectivity index (χ1n) is 4.25. The summed E-state index contributed by atoms with van der Waals surface area (Å²) in [5.74, 6) is 0.900. The van der Waals surface area contributed by atoms with Gasteiger partial charge in [-0.2, -0.15) is 0 Å². The van der Waals surface area contributed by atoms with Crippen LogP contribution in [0.25, 0.3) is 0 Å². The second-order valence-electron chi connectivity index (χ2n) is 2.73. The molecule has 1 aromatic carbocycles. The first-order chi connectivity index (χ1) is 6.74. The zero-order valence-corrected chi connectivity index (χ0v) is 11.8. The molecule has 0 N–H and O–H groups in total. The van der Waals surface area contributed by atoms with E-state index in [4.69, 9.17) is 4.74 Å². The molecule has 0 saturated carbocycles. The molecule has 0 unspecified atom stereocenters. The Labute approximate surface area is 111 Å². The van der Waals surface area contributed by atoms with Crippen LogP contribution in [0.1, 0.15) is 12.8 Å². The van der Waals surface area contributed by atoms with Gasteiger partial charge in [-0.15, -0.1) is 0 Å². The van der Waals surface area contributed by atoms with Gasteiger partial charge in [-0.05, 0) is 69.8 Å². The Morgan fingerprint density at radius 3 is 2.79 bits per heavy atom. The lowest BCUT2D eigenvalue weighted by atomic mass is 10.3. The van der Waals surface area contributed by atoms with Crippen LogP contribution in [0.15, 0.2) is 18.2 Å². The van der Waals surface area contributed by atoms with Crippen molar-refractivity contribution in [3.8, 4) is 5.75 Å². The number of rotatable bonds is 5. The van der Waals surface area contributed by atoms with Crippen LogP contribution in [0, 0.1) is 7.14 Å². The third-order valence-corrected chi connectivity index (χ3v) is 3.13. The van der Waals surface area contributed by atoms with Crippen molar-refractivity contribution in [2.24, 2.45) is 0 Å². The number of halogens is 2. The van der Waals surface area contributed by atoms with Crippen molar-refractivity contribution in [1.29, 1.82) is 0 Å². The highest BCUT2D eigenvalue weighted by molar-refractivity contribution is 14.1. The summed E-state index contributed by atoms with van der Waals surface area (Å²) in [5, 5.41) is 0. The minimum atomic E-state index is 0.570. The zero-order valence-electron chi connectivity index (χ0n) is 7.50. The van der Waals surface area contributed by atoms with Crippen molar-refractivity contribution in [2.45, 2.75) is 12.8 Å².